The Labute approximate surface area is 123 Å². The first-order chi connectivity index (χ1) is 10.2. The predicted molar refractivity (Wildman–Crippen MR) is 76.4 cm³/mol. The highest BCUT2D eigenvalue weighted by molar-refractivity contribution is 5.78. The summed E-state index contributed by atoms with van der Waals surface area (Å²) >= 11 is 0. The monoisotopic (exact) mass is 293 g/mol. The van der Waals surface area contributed by atoms with E-state index in [9.17, 15) is 4.79 Å². The first kappa shape index (κ1) is 16.6. The molecule has 7 heteroatoms. The number of ether oxygens (including phenoxy) is 3. The van der Waals surface area contributed by atoms with E-state index in [1.807, 2.05) is 25.2 Å². The number of benzene rings is 1. The first-order valence-electron chi connectivity index (χ1n) is 6.32. The lowest BCUT2D eigenvalue weighted by Gasteiger charge is -2.15. The number of nitriles is 1. The lowest BCUT2D eigenvalue weighted by molar-refractivity contribution is -0.122. The number of hydrogen-bond acceptors (Lipinski definition) is 6. The van der Waals surface area contributed by atoms with Crippen LogP contribution in [0.15, 0.2) is 12.1 Å². The Morgan fingerprint density at radius 1 is 1.29 bits per heavy atom. The van der Waals surface area contributed by atoms with Crippen molar-refractivity contribution in [1.82, 2.24) is 10.6 Å². The third-order valence-corrected chi connectivity index (χ3v) is 2.61. The van der Waals surface area contributed by atoms with Crippen LogP contribution < -0.4 is 24.8 Å². The smallest absolute Gasteiger partial charge is 0.258 e. The second-order valence-electron chi connectivity index (χ2n) is 4.08. The molecule has 1 aromatic rings. The highest BCUT2D eigenvalue weighted by Gasteiger charge is 2.15. The third kappa shape index (κ3) is 4.85. The zero-order valence-electron chi connectivity index (χ0n) is 12.4. The van der Waals surface area contributed by atoms with Crippen molar-refractivity contribution in [3.8, 4) is 23.3 Å². The molecule has 1 amide bonds. The highest BCUT2D eigenvalue weighted by Crippen LogP contribution is 2.38. The summed E-state index contributed by atoms with van der Waals surface area (Å²) in [4.78, 5) is 11.5. The predicted octanol–water partition coefficient (Wildman–Crippen LogP) is 0.442. The van der Waals surface area contributed by atoms with E-state index >= 15 is 0 Å². The van der Waals surface area contributed by atoms with Gasteiger partial charge in [0, 0.05) is 6.54 Å². The molecule has 21 heavy (non-hydrogen) atoms. The molecule has 7 nitrogen and oxygen atoms in total. The zero-order valence-corrected chi connectivity index (χ0v) is 12.4. The Hall–Kier alpha value is -2.46. The van der Waals surface area contributed by atoms with Crippen LogP contribution in [0.5, 0.6) is 17.2 Å². The molecule has 0 radical (unpaired) electrons. The number of carbonyl (C=O) groups excluding carboxylic acids is 1. The summed E-state index contributed by atoms with van der Waals surface area (Å²) in [5.74, 6) is 0.923. The quantitative estimate of drug-likeness (QED) is 0.676. The number of hydrogen-bond donors (Lipinski definition) is 2. The van der Waals surface area contributed by atoms with E-state index in [1.54, 1.807) is 0 Å². The fourth-order valence-corrected chi connectivity index (χ4v) is 1.71. The molecule has 0 aliphatic carbocycles. The maximum atomic E-state index is 11.5. The van der Waals surface area contributed by atoms with Gasteiger partial charge in [-0.3, -0.25) is 4.79 Å². The molecular formula is C14H19N3O4. The Kier molecular flexibility index (Phi) is 6.84. The Bertz CT molecular complexity index is 500. The molecule has 0 saturated carbocycles. The molecule has 1 aromatic carbocycles. The van der Waals surface area contributed by atoms with Gasteiger partial charge in [-0.05, 0) is 24.7 Å². The van der Waals surface area contributed by atoms with E-state index in [2.05, 4.69) is 10.6 Å². The standard InChI is InChI=1S/C14H19N3O4/c1-16-8-10-6-11(19-2)14(12(7-10)20-3)21-9-13(18)17-5-4-15/h6-7,16H,5,8-9H2,1-3H3,(H,17,18). The van der Waals surface area contributed by atoms with Crippen LogP contribution in [0.25, 0.3) is 0 Å². The summed E-state index contributed by atoms with van der Waals surface area (Å²) in [6, 6.07) is 5.43. The normalized spacial score (nSPS) is 9.62. The molecule has 0 aromatic heterocycles. The van der Waals surface area contributed by atoms with E-state index in [-0.39, 0.29) is 19.1 Å². The van der Waals surface area contributed by atoms with Crippen molar-refractivity contribution in [2.75, 3.05) is 34.4 Å². The fraction of sp³-hybridized carbons (Fsp3) is 0.429. The molecule has 0 spiro atoms. The SMILES string of the molecule is CNCc1cc(OC)c(OCC(=O)NCC#N)c(OC)c1. The number of nitrogens with zero attached hydrogens (tertiary/aromatic N) is 1. The molecule has 0 fully saturated rings. The number of rotatable bonds is 8. The second kappa shape index (κ2) is 8.66. The van der Waals surface area contributed by atoms with Gasteiger partial charge in [0.2, 0.25) is 5.75 Å². The summed E-state index contributed by atoms with van der Waals surface area (Å²) in [6.07, 6.45) is 0. The Morgan fingerprint density at radius 3 is 2.38 bits per heavy atom. The molecular weight excluding hydrogens is 274 g/mol. The van der Waals surface area contributed by atoms with Crippen LogP contribution >= 0.6 is 0 Å². The summed E-state index contributed by atoms with van der Waals surface area (Å²) in [5, 5.41) is 13.8. The van der Waals surface area contributed by atoms with Crippen LogP contribution in [-0.4, -0.2) is 40.3 Å². The summed E-state index contributed by atoms with van der Waals surface area (Å²) in [7, 11) is 4.87. The van der Waals surface area contributed by atoms with Gasteiger partial charge in [-0.25, -0.2) is 0 Å². The number of carbonyl (C=O) groups is 1. The van der Waals surface area contributed by atoms with Crippen molar-refractivity contribution in [2.24, 2.45) is 0 Å². The topological polar surface area (TPSA) is 92.6 Å². The van der Waals surface area contributed by atoms with Gasteiger partial charge in [0.05, 0.1) is 20.3 Å². The van der Waals surface area contributed by atoms with Crippen LogP contribution in [0.1, 0.15) is 5.56 Å². The molecule has 0 bridgehead atoms. The van der Waals surface area contributed by atoms with Gasteiger partial charge < -0.3 is 24.8 Å². The van der Waals surface area contributed by atoms with Crippen molar-refractivity contribution in [1.29, 1.82) is 5.26 Å². The molecule has 0 saturated heterocycles. The van der Waals surface area contributed by atoms with Crippen LogP contribution in [-0.2, 0) is 11.3 Å². The van der Waals surface area contributed by atoms with Crippen LogP contribution in [0, 0.1) is 11.3 Å². The van der Waals surface area contributed by atoms with Gasteiger partial charge in [-0.2, -0.15) is 5.26 Å². The van der Waals surface area contributed by atoms with Gasteiger partial charge in [-0.15, -0.1) is 0 Å². The molecule has 114 valence electrons. The van der Waals surface area contributed by atoms with Crippen LogP contribution in [0.4, 0.5) is 0 Å². The van der Waals surface area contributed by atoms with E-state index in [1.165, 1.54) is 14.2 Å². The van der Waals surface area contributed by atoms with Crippen molar-refractivity contribution >= 4 is 5.91 Å². The van der Waals surface area contributed by atoms with E-state index < -0.39 is 0 Å². The first-order valence-corrected chi connectivity index (χ1v) is 6.32. The van der Waals surface area contributed by atoms with E-state index in [0.29, 0.717) is 23.8 Å². The van der Waals surface area contributed by atoms with Gasteiger partial charge in [0.15, 0.2) is 18.1 Å². The van der Waals surface area contributed by atoms with E-state index in [4.69, 9.17) is 19.5 Å². The Morgan fingerprint density at radius 2 is 1.90 bits per heavy atom. The molecule has 0 heterocycles. The van der Waals surface area contributed by atoms with Gasteiger partial charge in [0.25, 0.3) is 5.91 Å². The molecule has 2 N–H and O–H groups in total. The van der Waals surface area contributed by atoms with Gasteiger partial charge >= 0.3 is 0 Å². The average Bonchev–Trinajstić information content (AvgIpc) is 2.50. The summed E-state index contributed by atoms with van der Waals surface area (Å²) in [5.41, 5.74) is 0.965. The van der Waals surface area contributed by atoms with Gasteiger partial charge in [0.1, 0.15) is 6.54 Å². The van der Waals surface area contributed by atoms with Crippen molar-refractivity contribution < 1.29 is 19.0 Å². The average molecular weight is 293 g/mol. The van der Waals surface area contributed by atoms with Crippen molar-refractivity contribution in [3.63, 3.8) is 0 Å². The zero-order chi connectivity index (χ0) is 15.7. The molecule has 1 rings (SSSR count). The molecule has 0 atom stereocenters. The minimum atomic E-state index is -0.389. The third-order valence-electron chi connectivity index (χ3n) is 2.61. The number of nitrogens with one attached hydrogen (secondary N) is 2. The minimum Gasteiger partial charge on any atom is -0.493 e. The maximum absolute atomic E-state index is 11.5. The maximum Gasteiger partial charge on any atom is 0.258 e. The molecule has 0 unspecified atom stereocenters. The molecule has 0 aliphatic rings. The van der Waals surface area contributed by atoms with Crippen LogP contribution in [0.3, 0.4) is 0 Å². The number of methoxy groups -OCH3 is 2. The second-order valence-corrected chi connectivity index (χ2v) is 4.08. The lowest BCUT2D eigenvalue weighted by atomic mass is 10.2. The van der Waals surface area contributed by atoms with Crippen molar-refractivity contribution in [3.05, 3.63) is 17.7 Å². The Balaban J connectivity index is 2.89. The number of amides is 1. The highest BCUT2D eigenvalue weighted by atomic mass is 16.5. The fourth-order valence-electron chi connectivity index (χ4n) is 1.71. The van der Waals surface area contributed by atoms with E-state index in [0.717, 1.165) is 5.56 Å². The molecule has 0 aliphatic heterocycles. The largest absolute Gasteiger partial charge is 0.493 e. The summed E-state index contributed by atoms with van der Waals surface area (Å²) in [6.45, 7) is 0.368. The lowest BCUT2D eigenvalue weighted by Crippen LogP contribution is -2.29. The van der Waals surface area contributed by atoms with Crippen molar-refractivity contribution in [2.45, 2.75) is 6.54 Å². The minimum absolute atomic E-state index is 0.0580. The van der Waals surface area contributed by atoms with Crippen LogP contribution in [0.2, 0.25) is 0 Å². The summed E-state index contributed by atoms with van der Waals surface area (Å²) < 4.78 is 16.0. The van der Waals surface area contributed by atoms with Gasteiger partial charge in [-0.1, -0.05) is 0 Å².